The monoisotopic (exact) mass is 506 g/mol. The quantitative estimate of drug-likeness (QED) is 0.253. The number of fused-ring (bicyclic) bond motifs is 1. The molecule has 4 nitrogen and oxygen atoms in total. The smallest absolute Gasteiger partial charge is 0.378 e. The number of hydrogen-bond acceptors (Lipinski definition) is 3. The number of aromatic nitrogens is 2. The zero-order valence-corrected chi connectivity index (χ0v) is 22.2. The highest BCUT2D eigenvalue weighted by Crippen LogP contribution is 2.38. The van der Waals surface area contributed by atoms with Gasteiger partial charge in [-0.1, -0.05) is 42.5 Å². The Hall–Kier alpha value is -4.26. The number of anilines is 1. The minimum Gasteiger partial charge on any atom is -0.378 e. The number of hydrogen-bond donors (Lipinski definition) is 0. The maximum Gasteiger partial charge on any atom is 0.678 e. The van der Waals surface area contributed by atoms with E-state index < -0.39 is 7.40 Å². The molecule has 38 heavy (non-hydrogen) atoms. The van der Waals surface area contributed by atoms with Crippen molar-refractivity contribution in [3.63, 3.8) is 0 Å². The predicted molar refractivity (Wildman–Crippen MR) is 157 cm³/mol. The van der Waals surface area contributed by atoms with Gasteiger partial charge >= 0.3 is 7.40 Å². The van der Waals surface area contributed by atoms with Crippen molar-refractivity contribution in [3.05, 3.63) is 112 Å². The molecule has 0 radical (unpaired) electrons. The van der Waals surface area contributed by atoms with Gasteiger partial charge in [0.05, 0.1) is 11.2 Å². The van der Waals surface area contributed by atoms with Crippen LogP contribution in [0.4, 0.5) is 14.3 Å². The Kier molecular flexibility index (Phi) is 6.85. The summed E-state index contributed by atoms with van der Waals surface area (Å²) in [5, 5.41) is 1.00. The lowest BCUT2D eigenvalue weighted by molar-refractivity contribution is 0.627. The Balaban J connectivity index is 1.70. The molecule has 0 atom stereocenters. The summed E-state index contributed by atoms with van der Waals surface area (Å²) >= 11 is 0. The van der Waals surface area contributed by atoms with Crippen LogP contribution >= 0.6 is 0 Å². The van der Waals surface area contributed by atoms with Crippen LogP contribution in [0.2, 0.25) is 0 Å². The molecule has 1 aliphatic rings. The second kappa shape index (κ2) is 10.2. The maximum absolute atomic E-state index is 14.8. The van der Waals surface area contributed by atoms with Gasteiger partial charge in [-0.3, -0.25) is 18.6 Å². The van der Waals surface area contributed by atoms with E-state index in [1.165, 1.54) is 0 Å². The molecule has 190 valence electrons. The normalized spacial score (nSPS) is 14.7. The highest BCUT2D eigenvalue weighted by Gasteiger charge is 2.29. The van der Waals surface area contributed by atoms with E-state index in [9.17, 15) is 8.63 Å². The van der Waals surface area contributed by atoms with Crippen LogP contribution in [0.3, 0.4) is 0 Å². The van der Waals surface area contributed by atoms with Gasteiger partial charge in [-0.15, -0.1) is 0 Å². The second-order valence-corrected chi connectivity index (χ2v) is 9.75. The molecule has 0 bridgehead atoms. The molecule has 0 N–H and O–H groups in total. The highest BCUT2D eigenvalue weighted by atomic mass is 19.2. The molecule has 7 heteroatoms. The zero-order valence-electron chi connectivity index (χ0n) is 22.2. The number of nitrogens with zero attached hydrogens (tertiary/aromatic N) is 4. The van der Waals surface area contributed by atoms with E-state index in [2.05, 4.69) is 4.98 Å². The molecule has 0 amide bonds. The van der Waals surface area contributed by atoms with Crippen LogP contribution in [0.25, 0.3) is 28.6 Å². The number of aliphatic imine (C=N–C) groups is 1. The van der Waals surface area contributed by atoms with E-state index in [-0.39, 0.29) is 0 Å². The Morgan fingerprint density at radius 2 is 1.68 bits per heavy atom. The highest BCUT2D eigenvalue weighted by molar-refractivity contribution is 6.42. The van der Waals surface area contributed by atoms with Gasteiger partial charge in [0.1, 0.15) is 0 Å². The number of para-hydroxylation sites is 1. The largest absolute Gasteiger partial charge is 0.678 e. The third kappa shape index (κ3) is 4.72. The Labute approximate surface area is 222 Å². The Bertz CT molecular complexity index is 1640. The fourth-order valence-corrected chi connectivity index (χ4v) is 5.02. The van der Waals surface area contributed by atoms with Crippen molar-refractivity contribution in [2.24, 2.45) is 4.99 Å². The van der Waals surface area contributed by atoms with E-state index in [1.54, 1.807) is 12.3 Å². The predicted octanol–water partition coefficient (Wildman–Crippen LogP) is 7.53. The zero-order chi connectivity index (χ0) is 27.0. The minimum atomic E-state index is -2.74. The van der Waals surface area contributed by atoms with Crippen LogP contribution in [-0.2, 0) is 0 Å². The molecule has 5 rings (SSSR count). The third-order valence-corrected chi connectivity index (χ3v) is 6.78. The SMILES string of the molecule is CC1=CC(C)=N/C1=C(/c1ccc(N(C)C)cc1)c1c(C)cc(/C=C/c2cccc3cccnc23)n1B(F)F. The molecule has 2 aromatic heterocycles. The van der Waals surface area contributed by atoms with Crippen LogP contribution < -0.4 is 4.90 Å². The van der Waals surface area contributed by atoms with Crippen LogP contribution in [0.5, 0.6) is 0 Å². The van der Waals surface area contributed by atoms with E-state index in [1.807, 2.05) is 113 Å². The molecule has 4 aromatic rings. The molecule has 2 aromatic carbocycles. The average Bonchev–Trinajstić information content (AvgIpc) is 3.41. The topological polar surface area (TPSA) is 33.4 Å². The van der Waals surface area contributed by atoms with Crippen molar-refractivity contribution >= 4 is 47.4 Å². The molecule has 1 aliphatic heterocycles. The van der Waals surface area contributed by atoms with Crippen molar-refractivity contribution in [2.45, 2.75) is 20.8 Å². The third-order valence-electron chi connectivity index (χ3n) is 6.78. The lowest BCUT2D eigenvalue weighted by Gasteiger charge is -2.18. The van der Waals surface area contributed by atoms with Gasteiger partial charge in [-0.2, -0.15) is 0 Å². The molecule has 0 spiro atoms. The van der Waals surface area contributed by atoms with E-state index in [0.717, 1.165) is 54.7 Å². The van der Waals surface area contributed by atoms with Gasteiger partial charge in [0, 0.05) is 59.6 Å². The van der Waals surface area contributed by atoms with E-state index in [0.29, 0.717) is 17.0 Å². The first-order valence-corrected chi connectivity index (χ1v) is 12.5. The Morgan fingerprint density at radius 1 is 0.947 bits per heavy atom. The summed E-state index contributed by atoms with van der Waals surface area (Å²) in [6.45, 7) is 5.78. The van der Waals surface area contributed by atoms with Gasteiger partial charge in [0.15, 0.2) is 0 Å². The van der Waals surface area contributed by atoms with Crippen LogP contribution in [-0.4, -0.2) is 36.7 Å². The van der Waals surface area contributed by atoms with Crippen LogP contribution in [0, 0.1) is 6.92 Å². The second-order valence-electron chi connectivity index (χ2n) is 9.75. The summed E-state index contributed by atoms with van der Waals surface area (Å²) < 4.78 is 30.8. The molecule has 0 fully saturated rings. The van der Waals surface area contributed by atoms with Gasteiger partial charge in [-0.05, 0) is 73.9 Å². The fraction of sp³-hybridized carbons (Fsp3) is 0.161. The first kappa shape index (κ1) is 25.4. The molecule has 3 heterocycles. The van der Waals surface area contributed by atoms with Crippen molar-refractivity contribution < 1.29 is 8.63 Å². The van der Waals surface area contributed by atoms with Crippen LogP contribution in [0.1, 0.15) is 41.9 Å². The lowest BCUT2D eigenvalue weighted by atomic mass is 9.94. The number of benzene rings is 2. The summed E-state index contributed by atoms with van der Waals surface area (Å²) in [4.78, 5) is 11.3. The molecular weight excluding hydrogens is 477 g/mol. The molecule has 0 saturated heterocycles. The summed E-state index contributed by atoms with van der Waals surface area (Å²) in [7, 11) is 1.21. The van der Waals surface area contributed by atoms with Gasteiger partial charge in [-0.25, -0.2) is 0 Å². The van der Waals surface area contributed by atoms with Gasteiger partial charge < -0.3 is 9.38 Å². The first-order valence-electron chi connectivity index (χ1n) is 12.5. The number of halogens is 2. The maximum atomic E-state index is 14.8. The molecule has 0 unspecified atom stereocenters. The molecule has 0 saturated carbocycles. The lowest BCUT2D eigenvalue weighted by Crippen LogP contribution is -2.18. The van der Waals surface area contributed by atoms with Crippen molar-refractivity contribution in [1.82, 2.24) is 9.46 Å². The minimum absolute atomic E-state index is 0.420. The number of allylic oxidation sites excluding steroid dienone is 2. The van der Waals surface area contributed by atoms with Gasteiger partial charge in [0.25, 0.3) is 0 Å². The summed E-state index contributed by atoms with van der Waals surface area (Å²) in [5.41, 5.74) is 8.45. The van der Waals surface area contributed by atoms with Crippen LogP contribution in [0.15, 0.2) is 89.2 Å². The summed E-state index contributed by atoms with van der Waals surface area (Å²) in [5.74, 6) is 0. The van der Waals surface area contributed by atoms with Crippen molar-refractivity contribution in [3.8, 4) is 0 Å². The molecule has 0 aliphatic carbocycles. The Morgan fingerprint density at radius 3 is 2.34 bits per heavy atom. The van der Waals surface area contributed by atoms with E-state index >= 15 is 0 Å². The van der Waals surface area contributed by atoms with Crippen molar-refractivity contribution in [1.29, 1.82) is 0 Å². The molecular formula is C31H29BF2N4. The number of aryl methyl sites for hydroxylation is 1. The summed E-state index contributed by atoms with van der Waals surface area (Å²) in [6, 6.07) is 19.5. The summed E-state index contributed by atoms with van der Waals surface area (Å²) in [6.07, 6.45) is 7.33. The average molecular weight is 506 g/mol. The van der Waals surface area contributed by atoms with E-state index in [4.69, 9.17) is 4.99 Å². The fourth-order valence-electron chi connectivity index (χ4n) is 5.02. The van der Waals surface area contributed by atoms with Crippen molar-refractivity contribution in [2.75, 3.05) is 19.0 Å². The number of pyridine rings is 1. The number of rotatable bonds is 6. The standard InChI is InChI=1S/C31H29BF2N4/c1-20-18-22(3)36-29(20)28(23-11-14-26(15-12-23)37(4)5)31-21(2)19-27(38(31)32(33)34)16-13-25-9-6-8-24-10-7-17-35-30(24)25/h6-19H,1-5H3/b16-13+,29-28-. The van der Waals surface area contributed by atoms with Gasteiger partial charge in [0.2, 0.25) is 0 Å². The first-order chi connectivity index (χ1) is 18.2.